The third-order valence-electron chi connectivity index (χ3n) is 4.22. The maximum Gasteiger partial charge on any atom is 0.253 e. The molecule has 0 bridgehead atoms. The molecule has 1 amide bonds. The van der Waals surface area contributed by atoms with Crippen LogP contribution < -0.4 is 15.8 Å². The van der Waals surface area contributed by atoms with E-state index in [-0.39, 0.29) is 34.8 Å². The number of carbonyl (C=O) groups excluding carboxylic acids is 1. The number of aliphatic imine (C=N–C) groups is 1. The van der Waals surface area contributed by atoms with E-state index < -0.39 is 10.0 Å². The molecule has 8 nitrogen and oxygen atoms in total. The number of rotatable bonds is 7. The Balaban J connectivity index is 0.00000450. The highest BCUT2D eigenvalue weighted by Gasteiger charge is 2.09. The molecular weight excluding hydrogens is 517 g/mol. The number of carbonyl (C=O) groups is 1. The molecule has 2 aromatic carbocycles. The second-order valence-corrected chi connectivity index (χ2v) is 8.25. The SMILES string of the molecule is CN=C(NCCc1cccc(C(=O)N(C)C)c1)NCc1ccc(S(N)(=O)=O)cc1.I. The fourth-order valence-corrected chi connectivity index (χ4v) is 3.16. The first kappa shape index (κ1) is 25.9. The van der Waals surface area contributed by atoms with Gasteiger partial charge in [-0.2, -0.15) is 0 Å². The van der Waals surface area contributed by atoms with Crippen LogP contribution in [0.5, 0.6) is 0 Å². The van der Waals surface area contributed by atoms with Crippen LogP contribution in [0.25, 0.3) is 0 Å². The first-order valence-electron chi connectivity index (χ1n) is 9.07. The Morgan fingerprint density at radius 1 is 1.07 bits per heavy atom. The van der Waals surface area contributed by atoms with Crippen molar-refractivity contribution < 1.29 is 13.2 Å². The van der Waals surface area contributed by atoms with Crippen molar-refractivity contribution in [3.05, 3.63) is 65.2 Å². The van der Waals surface area contributed by atoms with E-state index in [0.717, 1.165) is 17.5 Å². The van der Waals surface area contributed by atoms with E-state index in [1.54, 1.807) is 44.2 Å². The Hall–Kier alpha value is -2.18. The quantitative estimate of drug-likeness (QED) is 0.278. The molecule has 10 heteroatoms. The Kier molecular flexibility index (Phi) is 10.2. The number of halogens is 1. The van der Waals surface area contributed by atoms with Crippen LogP contribution in [0.1, 0.15) is 21.5 Å². The number of guanidine groups is 1. The maximum absolute atomic E-state index is 12.1. The summed E-state index contributed by atoms with van der Waals surface area (Å²) in [6, 6.07) is 13.9. The van der Waals surface area contributed by atoms with Gasteiger partial charge in [-0.05, 0) is 41.8 Å². The summed E-state index contributed by atoms with van der Waals surface area (Å²) in [5.74, 6) is 0.604. The second kappa shape index (κ2) is 11.9. The minimum Gasteiger partial charge on any atom is -0.356 e. The van der Waals surface area contributed by atoms with Gasteiger partial charge in [-0.25, -0.2) is 13.6 Å². The van der Waals surface area contributed by atoms with E-state index in [1.807, 2.05) is 18.2 Å². The summed E-state index contributed by atoms with van der Waals surface area (Å²) < 4.78 is 22.6. The average Bonchev–Trinajstić information content (AvgIpc) is 2.69. The fraction of sp³-hybridized carbons (Fsp3) is 0.300. The largest absolute Gasteiger partial charge is 0.356 e. The van der Waals surface area contributed by atoms with Gasteiger partial charge in [-0.3, -0.25) is 9.79 Å². The summed E-state index contributed by atoms with van der Waals surface area (Å²) in [5, 5.41) is 11.5. The summed E-state index contributed by atoms with van der Waals surface area (Å²) in [5.41, 5.74) is 2.62. The number of hydrogen-bond acceptors (Lipinski definition) is 4. The molecule has 0 saturated heterocycles. The molecule has 2 aromatic rings. The number of nitrogens with zero attached hydrogens (tertiary/aromatic N) is 2. The van der Waals surface area contributed by atoms with Gasteiger partial charge in [0.1, 0.15) is 0 Å². The summed E-state index contributed by atoms with van der Waals surface area (Å²) in [6.45, 7) is 1.13. The summed E-state index contributed by atoms with van der Waals surface area (Å²) in [7, 11) is 1.45. The van der Waals surface area contributed by atoms with E-state index in [9.17, 15) is 13.2 Å². The lowest BCUT2D eigenvalue weighted by Gasteiger charge is -2.13. The molecule has 0 unspecified atom stereocenters. The van der Waals surface area contributed by atoms with Gasteiger partial charge in [-0.15, -0.1) is 24.0 Å². The number of hydrogen-bond donors (Lipinski definition) is 3. The summed E-state index contributed by atoms with van der Waals surface area (Å²) in [4.78, 5) is 17.9. The highest BCUT2D eigenvalue weighted by molar-refractivity contribution is 14.0. The molecular formula is C20H28IN5O3S. The second-order valence-electron chi connectivity index (χ2n) is 6.69. The van der Waals surface area contributed by atoms with Crippen molar-refractivity contribution in [3.63, 3.8) is 0 Å². The van der Waals surface area contributed by atoms with Crippen LogP contribution in [0.15, 0.2) is 58.4 Å². The van der Waals surface area contributed by atoms with Crippen LogP contribution in [0.4, 0.5) is 0 Å². The highest BCUT2D eigenvalue weighted by Crippen LogP contribution is 2.09. The minimum atomic E-state index is -3.69. The summed E-state index contributed by atoms with van der Waals surface area (Å²) >= 11 is 0. The molecule has 2 rings (SSSR count). The van der Waals surface area contributed by atoms with Gasteiger partial charge in [0, 0.05) is 39.8 Å². The van der Waals surface area contributed by atoms with Crippen molar-refractivity contribution in [3.8, 4) is 0 Å². The van der Waals surface area contributed by atoms with Gasteiger partial charge in [0.05, 0.1) is 4.90 Å². The number of amides is 1. The maximum atomic E-state index is 12.1. The first-order chi connectivity index (χ1) is 13.7. The van der Waals surface area contributed by atoms with Crippen molar-refractivity contribution >= 4 is 45.9 Å². The third kappa shape index (κ3) is 7.92. The topological polar surface area (TPSA) is 117 Å². The third-order valence-corrected chi connectivity index (χ3v) is 5.15. The lowest BCUT2D eigenvalue weighted by Crippen LogP contribution is -2.37. The molecule has 0 aliphatic carbocycles. The van der Waals surface area contributed by atoms with Gasteiger partial charge in [0.15, 0.2) is 5.96 Å². The zero-order valence-electron chi connectivity index (χ0n) is 17.3. The monoisotopic (exact) mass is 545 g/mol. The lowest BCUT2D eigenvalue weighted by atomic mass is 10.1. The van der Waals surface area contributed by atoms with Gasteiger partial charge >= 0.3 is 0 Å². The van der Waals surface area contributed by atoms with Crippen LogP contribution in [-0.2, 0) is 23.0 Å². The van der Waals surface area contributed by atoms with Crippen molar-refractivity contribution in [2.24, 2.45) is 10.1 Å². The molecule has 0 heterocycles. The molecule has 0 aromatic heterocycles. The van der Waals surface area contributed by atoms with Gasteiger partial charge < -0.3 is 15.5 Å². The molecule has 0 saturated carbocycles. The zero-order valence-corrected chi connectivity index (χ0v) is 20.4. The van der Waals surface area contributed by atoms with E-state index in [2.05, 4.69) is 15.6 Å². The average molecular weight is 545 g/mol. The van der Waals surface area contributed by atoms with Crippen LogP contribution in [0.3, 0.4) is 0 Å². The molecule has 4 N–H and O–H groups in total. The normalized spacial score (nSPS) is 11.4. The zero-order chi connectivity index (χ0) is 21.4. The van der Waals surface area contributed by atoms with Crippen molar-refractivity contribution in [2.75, 3.05) is 27.7 Å². The molecule has 164 valence electrons. The molecule has 30 heavy (non-hydrogen) atoms. The van der Waals surface area contributed by atoms with Crippen LogP contribution in [0, 0.1) is 0 Å². The Labute approximate surface area is 195 Å². The van der Waals surface area contributed by atoms with E-state index in [0.29, 0.717) is 24.6 Å². The smallest absolute Gasteiger partial charge is 0.253 e. The molecule has 0 fully saturated rings. The van der Waals surface area contributed by atoms with Crippen molar-refractivity contribution in [1.29, 1.82) is 0 Å². The minimum absolute atomic E-state index is 0. The van der Waals surface area contributed by atoms with E-state index >= 15 is 0 Å². The number of nitrogens with two attached hydrogens (primary N) is 1. The number of benzene rings is 2. The molecule has 0 radical (unpaired) electrons. The number of sulfonamides is 1. The van der Waals surface area contributed by atoms with Crippen LogP contribution in [-0.4, -0.2) is 52.9 Å². The number of primary sulfonamides is 1. The van der Waals surface area contributed by atoms with Gasteiger partial charge in [0.2, 0.25) is 10.0 Å². The fourth-order valence-electron chi connectivity index (χ4n) is 2.65. The van der Waals surface area contributed by atoms with Gasteiger partial charge in [-0.1, -0.05) is 24.3 Å². The Bertz CT molecular complexity index is 976. The lowest BCUT2D eigenvalue weighted by molar-refractivity contribution is 0.0827. The van der Waals surface area contributed by atoms with Crippen molar-refractivity contribution in [2.45, 2.75) is 17.9 Å². The molecule has 0 aliphatic rings. The van der Waals surface area contributed by atoms with Crippen LogP contribution >= 0.6 is 24.0 Å². The molecule has 0 spiro atoms. The Morgan fingerprint density at radius 3 is 2.30 bits per heavy atom. The van der Waals surface area contributed by atoms with E-state index in [4.69, 9.17) is 5.14 Å². The first-order valence-corrected chi connectivity index (χ1v) is 10.6. The Morgan fingerprint density at radius 2 is 1.73 bits per heavy atom. The van der Waals surface area contributed by atoms with Gasteiger partial charge in [0.25, 0.3) is 5.91 Å². The standard InChI is InChI=1S/C20H27N5O3S.HI/c1-22-20(24-14-16-7-9-18(10-8-16)29(21,27)28)23-12-11-15-5-4-6-17(13-15)19(26)25(2)3;/h4-10,13H,11-12,14H2,1-3H3,(H2,21,27,28)(H2,22,23,24);1H. The predicted molar refractivity (Wildman–Crippen MR) is 130 cm³/mol. The molecule has 0 atom stereocenters. The van der Waals surface area contributed by atoms with Crippen LogP contribution in [0.2, 0.25) is 0 Å². The summed E-state index contributed by atoms with van der Waals surface area (Å²) in [6.07, 6.45) is 0.734. The predicted octanol–water partition coefficient (Wildman–Crippen LogP) is 1.56. The highest BCUT2D eigenvalue weighted by atomic mass is 127. The number of nitrogens with one attached hydrogen (secondary N) is 2. The van der Waals surface area contributed by atoms with Crippen molar-refractivity contribution in [1.82, 2.24) is 15.5 Å². The van der Waals surface area contributed by atoms with E-state index in [1.165, 1.54) is 12.1 Å². The molecule has 0 aliphatic heterocycles.